The van der Waals surface area contributed by atoms with Crippen LogP contribution in [0.2, 0.25) is 0 Å². The van der Waals surface area contributed by atoms with Crippen molar-refractivity contribution in [2.75, 3.05) is 13.2 Å². The molecule has 3 nitrogen and oxygen atoms in total. The highest BCUT2D eigenvalue weighted by atomic mass is 19.4. The summed E-state index contributed by atoms with van der Waals surface area (Å²) in [5.41, 5.74) is 0.802. The molecule has 21 heavy (non-hydrogen) atoms. The molecule has 0 amide bonds. The lowest BCUT2D eigenvalue weighted by molar-refractivity contribution is -0.177. The van der Waals surface area contributed by atoms with E-state index in [0.717, 1.165) is 5.56 Å². The monoisotopic (exact) mass is 301 g/mol. The van der Waals surface area contributed by atoms with Crippen molar-refractivity contribution in [2.45, 2.75) is 32.1 Å². The lowest BCUT2D eigenvalue weighted by Crippen LogP contribution is -2.40. The third-order valence-corrected chi connectivity index (χ3v) is 3.63. The van der Waals surface area contributed by atoms with Gasteiger partial charge in [-0.1, -0.05) is 30.3 Å². The van der Waals surface area contributed by atoms with Gasteiger partial charge in [0.25, 0.3) is 0 Å². The Labute approximate surface area is 121 Å². The number of ether oxygens (including phenoxy) is 1. The van der Waals surface area contributed by atoms with Gasteiger partial charge in [0.15, 0.2) is 0 Å². The largest absolute Gasteiger partial charge is 0.466 e. The second-order valence-corrected chi connectivity index (χ2v) is 5.16. The second-order valence-electron chi connectivity index (χ2n) is 5.16. The first-order chi connectivity index (χ1) is 9.91. The summed E-state index contributed by atoms with van der Waals surface area (Å²) in [7, 11) is 0. The van der Waals surface area contributed by atoms with E-state index in [9.17, 15) is 18.0 Å². The van der Waals surface area contributed by atoms with E-state index in [4.69, 9.17) is 4.74 Å². The molecule has 0 spiro atoms. The standard InChI is InChI=1S/C15H18F3NO2/c1-2-21-14(20)12-8-13(15(16,17)18)19(10-12)9-11-6-4-3-5-7-11/h3-7,12-13H,2,8-10H2,1H3/t12-,13+/m1/s1. The third-order valence-electron chi connectivity index (χ3n) is 3.63. The molecule has 0 bridgehead atoms. The van der Waals surface area contributed by atoms with Crippen LogP contribution in [0.1, 0.15) is 18.9 Å². The smallest absolute Gasteiger partial charge is 0.404 e. The minimum atomic E-state index is -4.34. The van der Waals surface area contributed by atoms with Gasteiger partial charge in [-0.15, -0.1) is 0 Å². The zero-order valence-electron chi connectivity index (χ0n) is 11.8. The number of hydrogen-bond donors (Lipinski definition) is 0. The van der Waals surface area contributed by atoms with Gasteiger partial charge >= 0.3 is 12.1 Å². The molecule has 2 rings (SSSR count). The van der Waals surface area contributed by atoms with Gasteiger partial charge in [-0.3, -0.25) is 9.69 Å². The molecule has 0 aromatic heterocycles. The van der Waals surface area contributed by atoms with Crippen molar-refractivity contribution in [1.82, 2.24) is 4.90 Å². The number of rotatable bonds is 4. The number of benzene rings is 1. The molecular weight excluding hydrogens is 283 g/mol. The minimum Gasteiger partial charge on any atom is -0.466 e. The molecule has 116 valence electrons. The van der Waals surface area contributed by atoms with Gasteiger partial charge in [-0.25, -0.2) is 0 Å². The number of nitrogens with zero attached hydrogens (tertiary/aromatic N) is 1. The fourth-order valence-electron chi connectivity index (χ4n) is 2.67. The van der Waals surface area contributed by atoms with Crippen LogP contribution in [0.4, 0.5) is 13.2 Å². The van der Waals surface area contributed by atoms with Crippen LogP contribution in [-0.2, 0) is 16.1 Å². The van der Waals surface area contributed by atoms with Crippen LogP contribution in [0.25, 0.3) is 0 Å². The van der Waals surface area contributed by atoms with Gasteiger partial charge < -0.3 is 4.74 Å². The number of halogens is 3. The molecule has 0 aliphatic carbocycles. The second kappa shape index (κ2) is 6.47. The van der Waals surface area contributed by atoms with E-state index in [0.29, 0.717) is 0 Å². The number of alkyl halides is 3. The van der Waals surface area contributed by atoms with Gasteiger partial charge in [-0.05, 0) is 18.9 Å². The molecule has 0 saturated carbocycles. The zero-order valence-corrected chi connectivity index (χ0v) is 11.8. The Hall–Kier alpha value is -1.56. The van der Waals surface area contributed by atoms with Crippen molar-refractivity contribution in [3.05, 3.63) is 35.9 Å². The fourth-order valence-corrected chi connectivity index (χ4v) is 2.67. The van der Waals surface area contributed by atoms with Crippen molar-refractivity contribution < 1.29 is 22.7 Å². The highest BCUT2D eigenvalue weighted by Gasteiger charge is 2.50. The quantitative estimate of drug-likeness (QED) is 0.801. The molecule has 0 N–H and O–H groups in total. The Balaban J connectivity index is 2.11. The Morgan fingerprint density at radius 3 is 2.57 bits per heavy atom. The lowest BCUT2D eigenvalue weighted by atomic mass is 10.1. The summed E-state index contributed by atoms with van der Waals surface area (Å²) in [6.07, 6.45) is -4.56. The maximum Gasteiger partial charge on any atom is 0.404 e. The number of carbonyl (C=O) groups is 1. The average molecular weight is 301 g/mol. The first-order valence-corrected chi connectivity index (χ1v) is 6.93. The van der Waals surface area contributed by atoms with E-state index < -0.39 is 24.1 Å². The predicted octanol–water partition coefficient (Wildman–Crippen LogP) is 3.00. The van der Waals surface area contributed by atoms with E-state index in [2.05, 4.69) is 0 Å². The maximum atomic E-state index is 13.1. The highest BCUT2D eigenvalue weighted by molar-refractivity contribution is 5.73. The number of hydrogen-bond acceptors (Lipinski definition) is 3. The van der Waals surface area contributed by atoms with Crippen LogP contribution in [0.5, 0.6) is 0 Å². The van der Waals surface area contributed by atoms with Crippen LogP contribution in [0.3, 0.4) is 0 Å². The van der Waals surface area contributed by atoms with Gasteiger partial charge in [-0.2, -0.15) is 13.2 Å². The fraction of sp³-hybridized carbons (Fsp3) is 0.533. The van der Waals surface area contributed by atoms with Crippen LogP contribution in [0, 0.1) is 5.92 Å². The Morgan fingerprint density at radius 2 is 2.00 bits per heavy atom. The summed E-state index contributed by atoms with van der Waals surface area (Å²) < 4.78 is 44.3. The van der Waals surface area contributed by atoms with Crippen molar-refractivity contribution >= 4 is 5.97 Å². The topological polar surface area (TPSA) is 29.5 Å². The number of likely N-dealkylation sites (tertiary alicyclic amines) is 1. The first-order valence-electron chi connectivity index (χ1n) is 6.93. The van der Waals surface area contributed by atoms with Crippen molar-refractivity contribution in [3.8, 4) is 0 Å². The summed E-state index contributed by atoms with van der Waals surface area (Å²) in [5.74, 6) is -1.25. The van der Waals surface area contributed by atoms with Crippen molar-refractivity contribution in [1.29, 1.82) is 0 Å². The molecule has 1 aliphatic rings. The summed E-state index contributed by atoms with van der Waals surface area (Å²) in [5, 5.41) is 0. The third kappa shape index (κ3) is 3.97. The molecular formula is C15H18F3NO2. The molecule has 0 radical (unpaired) electrons. The molecule has 1 aromatic rings. The number of esters is 1. The minimum absolute atomic E-state index is 0.0813. The molecule has 1 fully saturated rings. The summed E-state index contributed by atoms with van der Waals surface area (Å²) in [6, 6.07) is 7.37. The lowest BCUT2D eigenvalue weighted by Gasteiger charge is -2.26. The molecule has 1 heterocycles. The van der Waals surface area contributed by atoms with E-state index >= 15 is 0 Å². The van der Waals surface area contributed by atoms with Crippen LogP contribution in [-0.4, -0.2) is 36.2 Å². The van der Waals surface area contributed by atoms with Gasteiger partial charge in [0.05, 0.1) is 12.5 Å². The molecule has 6 heteroatoms. The highest BCUT2D eigenvalue weighted by Crippen LogP contribution is 2.36. The van der Waals surface area contributed by atoms with E-state index in [1.54, 1.807) is 31.2 Å². The Kier molecular flexibility index (Phi) is 4.88. The zero-order chi connectivity index (χ0) is 15.5. The SMILES string of the molecule is CCOC(=O)[C@@H]1C[C@@H](C(F)(F)F)N(Cc2ccccc2)C1. The van der Waals surface area contributed by atoms with Crippen molar-refractivity contribution in [2.24, 2.45) is 5.92 Å². The molecule has 2 atom stereocenters. The summed E-state index contributed by atoms with van der Waals surface area (Å²) >= 11 is 0. The van der Waals surface area contributed by atoms with Crippen molar-refractivity contribution in [3.63, 3.8) is 0 Å². The van der Waals surface area contributed by atoms with Crippen LogP contribution < -0.4 is 0 Å². The summed E-state index contributed by atoms with van der Waals surface area (Å²) in [4.78, 5) is 13.0. The van der Waals surface area contributed by atoms with E-state index in [-0.39, 0.29) is 26.1 Å². The first kappa shape index (κ1) is 15.8. The summed E-state index contributed by atoms with van der Waals surface area (Å²) in [6.45, 7) is 2.10. The van der Waals surface area contributed by atoms with Crippen LogP contribution in [0.15, 0.2) is 30.3 Å². The van der Waals surface area contributed by atoms with Gasteiger partial charge in [0, 0.05) is 13.1 Å². The maximum absolute atomic E-state index is 13.1. The normalized spacial score (nSPS) is 23.2. The average Bonchev–Trinajstić information content (AvgIpc) is 2.84. The Morgan fingerprint density at radius 1 is 1.33 bits per heavy atom. The van der Waals surface area contributed by atoms with Gasteiger partial charge in [0.2, 0.25) is 0 Å². The molecule has 0 unspecified atom stereocenters. The molecule has 1 aromatic carbocycles. The Bertz CT molecular complexity index is 476. The molecule has 1 saturated heterocycles. The predicted molar refractivity (Wildman–Crippen MR) is 71.4 cm³/mol. The van der Waals surface area contributed by atoms with Crippen LogP contribution >= 0.6 is 0 Å². The molecule has 1 aliphatic heterocycles. The van der Waals surface area contributed by atoms with Gasteiger partial charge in [0.1, 0.15) is 6.04 Å². The van der Waals surface area contributed by atoms with E-state index in [1.807, 2.05) is 6.07 Å². The van der Waals surface area contributed by atoms with E-state index in [1.165, 1.54) is 4.90 Å². The number of carbonyl (C=O) groups excluding carboxylic acids is 1.